The van der Waals surface area contributed by atoms with Crippen molar-refractivity contribution in [1.82, 2.24) is 0 Å². The van der Waals surface area contributed by atoms with Gasteiger partial charge in [-0.25, -0.2) is 0 Å². The van der Waals surface area contributed by atoms with E-state index in [1.165, 1.54) is 76.6 Å². The molecule has 3 rings (SSSR count). The molecule has 176 valence electrons. The zero-order valence-corrected chi connectivity index (χ0v) is 21.0. The van der Waals surface area contributed by atoms with E-state index in [0.717, 1.165) is 32.1 Å². The van der Waals surface area contributed by atoms with E-state index in [9.17, 15) is 5.11 Å². The van der Waals surface area contributed by atoms with E-state index >= 15 is 0 Å². The number of rotatable bonds is 13. The van der Waals surface area contributed by atoms with Crippen LogP contribution in [0.4, 0.5) is 0 Å². The lowest BCUT2D eigenvalue weighted by molar-refractivity contribution is 0.299. The van der Waals surface area contributed by atoms with E-state index in [0.29, 0.717) is 0 Å². The Bertz CT molecular complexity index is 984. The summed E-state index contributed by atoms with van der Waals surface area (Å²) in [6, 6.07) is 23.1. The molecule has 1 N–H and O–H groups in total. The Hall–Kier alpha value is -2.38. The summed E-state index contributed by atoms with van der Waals surface area (Å²) in [7, 11) is 0. The molecule has 0 fully saturated rings. The minimum Gasteiger partial charge on any atom is -0.396 e. The van der Waals surface area contributed by atoms with E-state index in [4.69, 9.17) is 0 Å². The predicted octanol–water partition coefficient (Wildman–Crippen LogP) is 7.92. The van der Waals surface area contributed by atoms with Crippen molar-refractivity contribution in [3.63, 3.8) is 0 Å². The van der Waals surface area contributed by atoms with Crippen LogP contribution in [0.1, 0.15) is 79.8 Å². The van der Waals surface area contributed by atoms with Gasteiger partial charge >= 0.3 is 0 Å². The van der Waals surface area contributed by atoms with Gasteiger partial charge in [-0.1, -0.05) is 101 Å². The van der Waals surface area contributed by atoms with Crippen LogP contribution in [0.5, 0.6) is 0 Å². The van der Waals surface area contributed by atoms with Crippen LogP contribution in [0.15, 0.2) is 60.7 Å². The molecule has 0 aromatic heterocycles. The lowest BCUT2D eigenvalue weighted by Gasteiger charge is -2.15. The van der Waals surface area contributed by atoms with Crippen molar-refractivity contribution in [3.8, 4) is 11.1 Å². The number of benzene rings is 3. The molecule has 0 aliphatic carbocycles. The fourth-order valence-corrected chi connectivity index (χ4v) is 4.76. The quantitative estimate of drug-likeness (QED) is 0.267. The molecule has 1 nitrogen and oxygen atoms in total. The first-order valence-electron chi connectivity index (χ1n) is 13.1. The number of aliphatic hydroxyl groups excluding tert-OH is 1. The largest absolute Gasteiger partial charge is 0.396 e. The Labute approximate surface area is 201 Å². The predicted molar refractivity (Wildman–Crippen MR) is 143 cm³/mol. The summed E-state index contributed by atoms with van der Waals surface area (Å²) in [6.45, 7) is 6.95. The first kappa shape index (κ1) is 25.2. The van der Waals surface area contributed by atoms with Crippen LogP contribution in [0.2, 0.25) is 0 Å². The minimum atomic E-state index is 0.207. The smallest absolute Gasteiger partial charge is 0.0471 e. The van der Waals surface area contributed by atoms with Crippen molar-refractivity contribution >= 4 is 0 Å². The molecule has 0 saturated carbocycles. The third-order valence-corrected chi connectivity index (χ3v) is 6.84. The lowest BCUT2D eigenvalue weighted by Crippen LogP contribution is -1.99. The first-order chi connectivity index (χ1) is 16.2. The van der Waals surface area contributed by atoms with Crippen molar-refractivity contribution in [2.45, 2.75) is 85.0 Å². The van der Waals surface area contributed by atoms with Gasteiger partial charge in [0, 0.05) is 6.61 Å². The molecule has 0 heterocycles. The maximum atomic E-state index is 9.28. The van der Waals surface area contributed by atoms with Gasteiger partial charge < -0.3 is 5.11 Å². The lowest BCUT2D eigenvalue weighted by atomic mass is 9.89. The van der Waals surface area contributed by atoms with Crippen LogP contribution in [0.3, 0.4) is 0 Å². The fourth-order valence-electron chi connectivity index (χ4n) is 4.76. The number of unbranched alkanes of at least 4 members (excludes halogenated alkanes) is 3. The van der Waals surface area contributed by atoms with E-state index in [1.807, 2.05) is 0 Å². The molecule has 0 spiro atoms. The van der Waals surface area contributed by atoms with Gasteiger partial charge in [0.2, 0.25) is 0 Å². The van der Waals surface area contributed by atoms with Crippen LogP contribution >= 0.6 is 0 Å². The molecule has 3 aromatic carbocycles. The number of aryl methyl sites for hydroxylation is 5. The van der Waals surface area contributed by atoms with Gasteiger partial charge in [-0.3, -0.25) is 0 Å². The van der Waals surface area contributed by atoms with Gasteiger partial charge in [0.05, 0.1) is 0 Å². The molecular weight excluding hydrogens is 400 g/mol. The van der Waals surface area contributed by atoms with Crippen LogP contribution in [-0.2, 0) is 38.5 Å². The molecule has 0 radical (unpaired) electrons. The highest BCUT2D eigenvalue weighted by Gasteiger charge is 2.10. The van der Waals surface area contributed by atoms with Crippen molar-refractivity contribution in [2.24, 2.45) is 0 Å². The molecule has 0 amide bonds. The van der Waals surface area contributed by atoms with Gasteiger partial charge in [-0.05, 0) is 89.5 Å². The highest BCUT2D eigenvalue weighted by atomic mass is 16.2. The van der Waals surface area contributed by atoms with Gasteiger partial charge in [-0.15, -0.1) is 0 Å². The Morgan fingerprint density at radius 1 is 0.515 bits per heavy atom. The minimum absolute atomic E-state index is 0.207. The third-order valence-electron chi connectivity index (χ3n) is 6.84. The van der Waals surface area contributed by atoms with Crippen molar-refractivity contribution < 1.29 is 5.11 Å². The Morgan fingerprint density at radius 3 is 1.52 bits per heavy atom. The van der Waals surface area contributed by atoms with Crippen molar-refractivity contribution in [1.29, 1.82) is 0 Å². The van der Waals surface area contributed by atoms with Crippen molar-refractivity contribution in [2.75, 3.05) is 6.61 Å². The molecule has 0 aliphatic heterocycles. The summed E-state index contributed by atoms with van der Waals surface area (Å²) in [5.41, 5.74) is 11.1. The topological polar surface area (TPSA) is 20.2 Å². The molecule has 0 bridgehead atoms. The van der Waals surface area contributed by atoms with Gasteiger partial charge in [-0.2, -0.15) is 0 Å². The fraction of sp³-hybridized carbons (Fsp3) is 0.438. The SMILES string of the molecule is CCCCCCc1ccc(CCc2ccc(-c3ccc(CCO)cc3CC)c(CC)c2)cc1. The summed E-state index contributed by atoms with van der Waals surface area (Å²) < 4.78 is 0. The Balaban J connectivity index is 1.67. The van der Waals surface area contributed by atoms with E-state index < -0.39 is 0 Å². The van der Waals surface area contributed by atoms with Gasteiger partial charge in [0.15, 0.2) is 0 Å². The monoisotopic (exact) mass is 442 g/mol. The van der Waals surface area contributed by atoms with E-state index in [1.54, 1.807) is 0 Å². The number of hydrogen-bond donors (Lipinski definition) is 1. The maximum Gasteiger partial charge on any atom is 0.0471 e. The maximum absolute atomic E-state index is 9.28. The molecule has 0 saturated heterocycles. The summed E-state index contributed by atoms with van der Waals surface area (Å²) >= 11 is 0. The standard InChI is InChI=1S/C32H42O/c1-4-7-8-9-10-25-11-13-26(14-12-25)15-16-27-17-19-31(29(5-2)23-27)32-20-18-28(21-22-33)24-30(32)6-3/h11-14,17-20,23-24,33H,4-10,15-16,21-22H2,1-3H3. The molecule has 3 aromatic rings. The summed E-state index contributed by atoms with van der Waals surface area (Å²) in [4.78, 5) is 0. The second kappa shape index (κ2) is 13.4. The molecule has 1 heteroatoms. The molecule has 33 heavy (non-hydrogen) atoms. The molecule has 0 atom stereocenters. The zero-order chi connectivity index (χ0) is 23.5. The molecule has 0 unspecified atom stereocenters. The van der Waals surface area contributed by atoms with Gasteiger partial charge in [0.1, 0.15) is 0 Å². The first-order valence-corrected chi connectivity index (χ1v) is 13.1. The summed E-state index contributed by atoms with van der Waals surface area (Å²) in [6.07, 6.45) is 11.5. The third kappa shape index (κ3) is 7.30. The van der Waals surface area contributed by atoms with Crippen LogP contribution < -0.4 is 0 Å². The molecular formula is C32H42O. The normalized spacial score (nSPS) is 11.2. The van der Waals surface area contributed by atoms with Crippen LogP contribution in [0.25, 0.3) is 11.1 Å². The summed E-state index contributed by atoms with van der Waals surface area (Å²) in [5.74, 6) is 0. The van der Waals surface area contributed by atoms with Crippen LogP contribution in [-0.4, -0.2) is 11.7 Å². The zero-order valence-electron chi connectivity index (χ0n) is 21.0. The molecule has 0 aliphatic rings. The highest BCUT2D eigenvalue weighted by Crippen LogP contribution is 2.30. The Morgan fingerprint density at radius 2 is 1.00 bits per heavy atom. The van der Waals surface area contributed by atoms with Crippen LogP contribution in [0, 0.1) is 0 Å². The highest BCUT2D eigenvalue weighted by molar-refractivity contribution is 5.71. The van der Waals surface area contributed by atoms with E-state index in [-0.39, 0.29) is 6.61 Å². The second-order valence-corrected chi connectivity index (χ2v) is 9.29. The van der Waals surface area contributed by atoms with E-state index in [2.05, 4.69) is 81.4 Å². The average Bonchev–Trinajstić information content (AvgIpc) is 2.86. The Kier molecular flexibility index (Phi) is 10.2. The van der Waals surface area contributed by atoms with Crippen molar-refractivity contribution in [3.05, 3.63) is 94.0 Å². The summed E-state index contributed by atoms with van der Waals surface area (Å²) in [5, 5.41) is 9.28. The van der Waals surface area contributed by atoms with Gasteiger partial charge in [0.25, 0.3) is 0 Å². The number of hydrogen-bond acceptors (Lipinski definition) is 1. The average molecular weight is 443 g/mol. The second-order valence-electron chi connectivity index (χ2n) is 9.29. The number of aliphatic hydroxyl groups is 1.